The van der Waals surface area contributed by atoms with Gasteiger partial charge in [0.2, 0.25) is 15.9 Å². The van der Waals surface area contributed by atoms with Gasteiger partial charge in [-0.2, -0.15) is 0 Å². The number of nitrogens with zero attached hydrogens (tertiary/aromatic N) is 2. The number of benzene rings is 2. The van der Waals surface area contributed by atoms with Crippen LogP contribution in [-0.4, -0.2) is 37.7 Å². The maximum absolute atomic E-state index is 12.3. The number of carbonyl (C=O) groups is 1. The van der Waals surface area contributed by atoms with E-state index in [0.29, 0.717) is 6.54 Å². The van der Waals surface area contributed by atoms with Crippen LogP contribution >= 0.6 is 0 Å². The average molecular weight is 406 g/mol. The zero-order chi connectivity index (χ0) is 20.9. The molecule has 0 unspecified atom stereocenters. The molecule has 0 bridgehead atoms. The van der Waals surface area contributed by atoms with Crippen LogP contribution in [0.2, 0.25) is 0 Å². The lowest BCUT2D eigenvalue weighted by Gasteiger charge is -2.19. The lowest BCUT2D eigenvalue weighted by molar-refractivity contribution is -0.384. The monoisotopic (exact) mass is 406 g/mol. The number of nitro benzene ring substituents is 1. The zero-order valence-electron chi connectivity index (χ0n) is 15.6. The number of primary sulfonamides is 1. The van der Waals surface area contributed by atoms with Crippen LogP contribution in [0, 0.1) is 17.0 Å². The molecule has 0 heterocycles. The molecule has 9 nitrogen and oxygen atoms in total. The highest BCUT2D eigenvalue weighted by molar-refractivity contribution is 7.89. The van der Waals surface area contributed by atoms with E-state index in [1.165, 1.54) is 12.1 Å². The summed E-state index contributed by atoms with van der Waals surface area (Å²) in [5, 5.41) is 19.0. The largest absolute Gasteiger partial charge is 0.379 e. The third kappa shape index (κ3) is 5.51. The van der Waals surface area contributed by atoms with Gasteiger partial charge in [-0.15, -0.1) is 0 Å². The van der Waals surface area contributed by atoms with Crippen molar-refractivity contribution < 1.29 is 18.1 Å². The van der Waals surface area contributed by atoms with Gasteiger partial charge in [0, 0.05) is 32.6 Å². The molecule has 2 aromatic carbocycles. The van der Waals surface area contributed by atoms with Crippen LogP contribution in [0.1, 0.15) is 17.5 Å². The van der Waals surface area contributed by atoms with E-state index in [2.05, 4.69) is 5.32 Å². The van der Waals surface area contributed by atoms with Gasteiger partial charge in [-0.05, 0) is 30.2 Å². The molecule has 2 rings (SSSR count). The fourth-order valence-electron chi connectivity index (χ4n) is 2.62. The molecular formula is C18H22N4O5S. The summed E-state index contributed by atoms with van der Waals surface area (Å²) in [6.07, 6.45) is 0.122. The van der Waals surface area contributed by atoms with Crippen LogP contribution in [0.3, 0.4) is 0 Å². The van der Waals surface area contributed by atoms with Crippen LogP contribution in [0.25, 0.3) is 0 Å². The Labute approximate surface area is 163 Å². The maximum atomic E-state index is 12.3. The normalized spacial score (nSPS) is 11.1. The van der Waals surface area contributed by atoms with E-state index in [4.69, 9.17) is 5.14 Å². The molecule has 0 fully saturated rings. The quantitative estimate of drug-likeness (QED) is 0.508. The standard InChI is InChI=1S/C18H22N4O5S/c1-13-5-3-4-6-14(13)12-21(2)18(23)9-10-20-16-8-7-15(28(19,26)27)11-17(16)22(24)25/h3-8,11,20H,9-10,12H2,1-2H3,(H2,19,26,27). The van der Waals surface area contributed by atoms with Crippen molar-refractivity contribution in [2.75, 3.05) is 18.9 Å². The molecular weight excluding hydrogens is 384 g/mol. The smallest absolute Gasteiger partial charge is 0.293 e. The topological polar surface area (TPSA) is 136 Å². The molecule has 0 radical (unpaired) electrons. The lowest BCUT2D eigenvalue weighted by Crippen LogP contribution is -2.28. The fraction of sp³-hybridized carbons (Fsp3) is 0.278. The molecule has 10 heteroatoms. The first-order valence-electron chi connectivity index (χ1n) is 8.43. The summed E-state index contributed by atoms with van der Waals surface area (Å²) in [4.78, 5) is 24.0. The summed E-state index contributed by atoms with van der Waals surface area (Å²) in [5.41, 5.74) is 1.82. The second-order valence-corrected chi connectivity index (χ2v) is 7.90. The van der Waals surface area contributed by atoms with Crippen molar-refractivity contribution in [1.82, 2.24) is 4.90 Å². The molecule has 150 valence electrons. The molecule has 0 aromatic heterocycles. The predicted molar refractivity (Wildman–Crippen MR) is 105 cm³/mol. The van der Waals surface area contributed by atoms with E-state index in [-0.39, 0.29) is 29.5 Å². The number of nitro groups is 1. The summed E-state index contributed by atoms with van der Waals surface area (Å²) >= 11 is 0. The van der Waals surface area contributed by atoms with Gasteiger partial charge in [-0.1, -0.05) is 24.3 Å². The number of hydrogen-bond donors (Lipinski definition) is 2. The maximum Gasteiger partial charge on any atom is 0.293 e. The summed E-state index contributed by atoms with van der Waals surface area (Å²) in [6.45, 7) is 2.60. The molecule has 0 aliphatic carbocycles. The van der Waals surface area contributed by atoms with E-state index in [0.717, 1.165) is 17.2 Å². The average Bonchev–Trinajstić information content (AvgIpc) is 2.62. The number of hydrogen-bond acceptors (Lipinski definition) is 6. The molecule has 0 saturated carbocycles. The second-order valence-electron chi connectivity index (χ2n) is 6.33. The minimum Gasteiger partial charge on any atom is -0.379 e. The van der Waals surface area contributed by atoms with Gasteiger partial charge in [0.1, 0.15) is 5.69 Å². The number of anilines is 1. The zero-order valence-corrected chi connectivity index (χ0v) is 16.4. The van der Waals surface area contributed by atoms with Crippen LogP contribution < -0.4 is 10.5 Å². The molecule has 0 spiro atoms. The highest BCUT2D eigenvalue weighted by atomic mass is 32.2. The van der Waals surface area contributed by atoms with Gasteiger partial charge in [-0.3, -0.25) is 14.9 Å². The number of nitrogens with one attached hydrogen (secondary N) is 1. The Balaban J connectivity index is 1.99. The first-order valence-corrected chi connectivity index (χ1v) is 9.98. The first kappa shape index (κ1) is 21.3. The number of rotatable bonds is 8. The van der Waals surface area contributed by atoms with Crippen molar-refractivity contribution in [2.45, 2.75) is 24.8 Å². The minimum atomic E-state index is -4.05. The Kier molecular flexibility index (Phi) is 6.71. The number of nitrogens with two attached hydrogens (primary N) is 1. The van der Waals surface area contributed by atoms with Crippen molar-refractivity contribution in [2.24, 2.45) is 5.14 Å². The van der Waals surface area contributed by atoms with Gasteiger partial charge in [-0.25, -0.2) is 13.6 Å². The third-order valence-electron chi connectivity index (χ3n) is 4.24. The number of amides is 1. The van der Waals surface area contributed by atoms with Gasteiger partial charge in [0.05, 0.1) is 9.82 Å². The van der Waals surface area contributed by atoms with Crippen molar-refractivity contribution in [3.63, 3.8) is 0 Å². The van der Waals surface area contributed by atoms with E-state index >= 15 is 0 Å². The van der Waals surface area contributed by atoms with Crippen LogP contribution in [-0.2, 0) is 21.4 Å². The minimum absolute atomic E-state index is 0.117. The van der Waals surface area contributed by atoms with E-state index in [9.17, 15) is 23.3 Å². The number of sulfonamides is 1. The van der Waals surface area contributed by atoms with E-state index in [1.54, 1.807) is 11.9 Å². The van der Waals surface area contributed by atoms with Gasteiger partial charge >= 0.3 is 0 Å². The van der Waals surface area contributed by atoms with E-state index in [1.807, 2.05) is 31.2 Å². The van der Waals surface area contributed by atoms with Crippen molar-refractivity contribution in [3.8, 4) is 0 Å². The fourth-order valence-corrected chi connectivity index (χ4v) is 3.15. The summed E-state index contributed by atoms with van der Waals surface area (Å²) < 4.78 is 22.7. The molecule has 0 aliphatic heterocycles. The van der Waals surface area contributed by atoms with Crippen LogP contribution in [0.4, 0.5) is 11.4 Å². The number of aryl methyl sites for hydroxylation is 1. The number of carbonyl (C=O) groups excluding carboxylic acids is 1. The van der Waals surface area contributed by atoms with E-state index < -0.39 is 20.6 Å². The summed E-state index contributed by atoms with van der Waals surface area (Å²) in [5.74, 6) is -0.125. The molecule has 2 aromatic rings. The molecule has 0 saturated heterocycles. The van der Waals surface area contributed by atoms with Gasteiger partial charge in [0.25, 0.3) is 5.69 Å². The second kappa shape index (κ2) is 8.81. The SMILES string of the molecule is Cc1ccccc1CN(C)C(=O)CCNc1ccc(S(N)(=O)=O)cc1[N+](=O)[O-]. The van der Waals surface area contributed by atoms with Crippen molar-refractivity contribution in [3.05, 3.63) is 63.7 Å². The molecule has 1 amide bonds. The highest BCUT2D eigenvalue weighted by Gasteiger charge is 2.19. The van der Waals surface area contributed by atoms with Gasteiger partial charge < -0.3 is 10.2 Å². The highest BCUT2D eigenvalue weighted by Crippen LogP contribution is 2.27. The third-order valence-corrected chi connectivity index (χ3v) is 5.15. The van der Waals surface area contributed by atoms with Crippen LogP contribution in [0.5, 0.6) is 0 Å². The van der Waals surface area contributed by atoms with Crippen molar-refractivity contribution >= 4 is 27.3 Å². The van der Waals surface area contributed by atoms with Gasteiger partial charge in [0.15, 0.2) is 0 Å². The summed E-state index contributed by atoms with van der Waals surface area (Å²) in [6, 6.07) is 11.1. The molecule has 0 atom stereocenters. The summed E-state index contributed by atoms with van der Waals surface area (Å²) in [7, 11) is -2.35. The van der Waals surface area contributed by atoms with Crippen molar-refractivity contribution in [1.29, 1.82) is 0 Å². The van der Waals surface area contributed by atoms with Crippen LogP contribution in [0.15, 0.2) is 47.4 Å². The Morgan fingerprint density at radius 2 is 1.93 bits per heavy atom. The molecule has 0 aliphatic rings. The molecule has 28 heavy (non-hydrogen) atoms. The molecule has 3 N–H and O–H groups in total. The Bertz CT molecular complexity index is 991. The Morgan fingerprint density at radius 3 is 2.54 bits per heavy atom. The lowest BCUT2D eigenvalue weighted by atomic mass is 10.1. The Morgan fingerprint density at radius 1 is 1.25 bits per heavy atom. The first-order chi connectivity index (χ1) is 13.1. The Hall–Kier alpha value is -2.98. The predicted octanol–water partition coefficient (Wildman–Crippen LogP) is 2.01.